The number of hydrogen-bond acceptors (Lipinski definition) is 6. The maximum Gasteiger partial charge on any atom is 0.358 e. The molecule has 3 rings (SSSR count). The van der Waals surface area contributed by atoms with Gasteiger partial charge >= 0.3 is 5.97 Å². The number of aromatic nitrogens is 1. The summed E-state index contributed by atoms with van der Waals surface area (Å²) in [5.41, 5.74) is 0.619. The van der Waals surface area contributed by atoms with E-state index in [4.69, 9.17) is 20.8 Å². The zero-order valence-corrected chi connectivity index (χ0v) is 14.2. The molecule has 5 nitrogen and oxygen atoms in total. The van der Waals surface area contributed by atoms with Gasteiger partial charge in [-0.15, -0.1) is 11.3 Å². The molecule has 122 valence electrons. The average Bonchev–Trinajstić information content (AvgIpc) is 3.22. The Morgan fingerprint density at radius 1 is 1.25 bits per heavy atom. The van der Waals surface area contributed by atoms with E-state index in [2.05, 4.69) is 4.98 Å². The second-order valence-electron chi connectivity index (χ2n) is 4.91. The number of aryl methyl sites for hydroxylation is 1. The number of carbonyl (C=O) groups is 2. The minimum atomic E-state index is -0.635. The Kier molecular flexibility index (Phi) is 4.78. The molecule has 0 spiro atoms. The molecular weight excluding hydrogens is 350 g/mol. The third kappa shape index (κ3) is 3.55. The predicted octanol–water partition coefficient (Wildman–Crippen LogP) is 4.40. The van der Waals surface area contributed by atoms with Crippen LogP contribution in [-0.2, 0) is 4.74 Å². The molecule has 7 heteroatoms. The Hall–Kier alpha value is -2.44. The molecule has 0 fully saturated rings. The van der Waals surface area contributed by atoms with Gasteiger partial charge in [0.25, 0.3) is 0 Å². The van der Waals surface area contributed by atoms with E-state index < -0.39 is 5.97 Å². The van der Waals surface area contributed by atoms with Crippen LogP contribution in [0.5, 0.6) is 0 Å². The van der Waals surface area contributed by atoms with Crippen molar-refractivity contribution in [3.05, 3.63) is 63.8 Å². The Bertz CT molecular complexity index is 869. The van der Waals surface area contributed by atoms with Crippen LogP contribution in [0, 0.1) is 6.92 Å². The standard InChI is InChI=1S/C17H12ClNO4S/c1-10-15(19-16(24-10)14-3-2-8-22-14)17(21)23-9-13(20)11-4-6-12(18)7-5-11/h2-8H,9H2,1H3. The van der Waals surface area contributed by atoms with Crippen LogP contribution >= 0.6 is 22.9 Å². The first kappa shape index (κ1) is 16.4. The normalized spacial score (nSPS) is 10.6. The maximum absolute atomic E-state index is 12.2. The van der Waals surface area contributed by atoms with Gasteiger partial charge in [-0.3, -0.25) is 4.79 Å². The first-order chi connectivity index (χ1) is 11.5. The molecule has 3 aromatic rings. The number of ether oxygens (including phenoxy) is 1. The molecular formula is C17H12ClNO4S. The molecule has 0 N–H and O–H groups in total. The lowest BCUT2D eigenvalue weighted by atomic mass is 10.1. The summed E-state index contributed by atoms with van der Waals surface area (Å²) in [7, 11) is 0. The largest absolute Gasteiger partial charge is 0.462 e. The van der Waals surface area contributed by atoms with Gasteiger partial charge in [0.15, 0.2) is 28.9 Å². The molecule has 0 saturated carbocycles. The third-order valence-electron chi connectivity index (χ3n) is 3.22. The molecule has 0 saturated heterocycles. The van der Waals surface area contributed by atoms with Gasteiger partial charge < -0.3 is 9.15 Å². The number of furan rings is 1. The van der Waals surface area contributed by atoms with Crippen molar-refractivity contribution in [1.29, 1.82) is 0 Å². The zero-order valence-electron chi connectivity index (χ0n) is 12.6. The van der Waals surface area contributed by atoms with Crippen LogP contribution in [-0.4, -0.2) is 23.3 Å². The second-order valence-corrected chi connectivity index (χ2v) is 6.55. The highest BCUT2D eigenvalue weighted by molar-refractivity contribution is 7.15. The van der Waals surface area contributed by atoms with E-state index >= 15 is 0 Å². The van der Waals surface area contributed by atoms with Gasteiger partial charge in [0.1, 0.15) is 0 Å². The summed E-state index contributed by atoms with van der Waals surface area (Å²) >= 11 is 7.10. The number of nitrogens with zero attached hydrogens (tertiary/aromatic N) is 1. The van der Waals surface area contributed by atoms with Gasteiger partial charge in [-0.25, -0.2) is 9.78 Å². The smallest absolute Gasteiger partial charge is 0.358 e. The van der Waals surface area contributed by atoms with E-state index in [-0.39, 0.29) is 18.1 Å². The highest BCUT2D eigenvalue weighted by Gasteiger charge is 2.20. The highest BCUT2D eigenvalue weighted by atomic mass is 35.5. The molecule has 0 bridgehead atoms. The molecule has 0 aliphatic rings. The van der Waals surface area contributed by atoms with Crippen molar-refractivity contribution in [3.63, 3.8) is 0 Å². The van der Waals surface area contributed by atoms with Gasteiger partial charge in [-0.1, -0.05) is 11.6 Å². The van der Waals surface area contributed by atoms with Crippen LogP contribution in [0.1, 0.15) is 25.7 Å². The number of ketones is 1. The topological polar surface area (TPSA) is 69.4 Å². The highest BCUT2D eigenvalue weighted by Crippen LogP contribution is 2.28. The molecule has 24 heavy (non-hydrogen) atoms. The van der Waals surface area contributed by atoms with Crippen LogP contribution in [0.15, 0.2) is 47.1 Å². The first-order valence-electron chi connectivity index (χ1n) is 7.02. The van der Waals surface area contributed by atoms with E-state index in [1.165, 1.54) is 17.6 Å². The zero-order chi connectivity index (χ0) is 17.1. The summed E-state index contributed by atoms with van der Waals surface area (Å²) in [5, 5.41) is 1.13. The Morgan fingerprint density at radius 3 is 2.67 bits per heavy atom. The fourth-order valence-electron chi connectivity index (χ4n) is 2.01. The van der Waals surface area contributed by atoms with Crippen molar-refractivity contribution in [1.82, 2.24) is 4.98 Å². The van der Waals surface area contributed by atoms with E-state index in [1.54, 1.807) is 43.3 Å². The Labute approximate surface area is 146 Å². The molecule has 0 aliphatic carbocycles. The summed E-state index contributed by atoms with van der Waals surface area (Å²) in [5.74, 6) is -0.359. The number of benzene rings is 1. The molecule has 2 aromatic heterocycles. The van der Waals surface area contributed by atoms with Gasteiger partial charge in [0.2, 0.25) is 0 Å². The molecule has 0 aliphatic heterocycles. The van der Waals surface area contributed by atoms with Crippen LogP contribution in [0.3, 0.4) is 0 Å². The van der Waals surface area contributed by atoms with Crippen molar-refractivity contribution in [2.45, 2.75) is 6.92 Å². The molecule has 0 radical (unpaired) electrons. The van der Waals surface area contributed by atoms with Gasteiger partial charge in [0.05, 0.1) is 6.26 Å². The number of esters is 1. The lowest BCUT2D eigenvalue weighted by Gasteiger charge is -2.03. The van der Waals surface area contributed by atoms with Crippen LogP contribution in [0.25, 0.3) is 10.8 Å². The Morgan fingerprint density at radius 2 is 2.00 bits per heavy atom. The van der Waals surface area contributed by atoms with E-state index in [9.17, 15) is 9.59 Å². The lowest BCUT2D eigenvalue weighted by Crippen LogP contribution is -2.15. The summed E-state index contributed by atoms with van der Waals surface area (Å²) in [6.07, 6.45) is 1.54. The van der Waals surface area contributed by atoms with Crippen LogP contribution in [0.4, 0.5) is 0 Å². The lowest BCUT2D eigenvalue weighted by molar-refractivity contribution is 0.0469. The van der Waals surface area contributed by atoms with E-state index in [0.29, 0.717) is 26.2 Å². The SMILES string of the molecule is Cc1sc(-c2ccco2)nc1C(=O)OCC(=O)c1ccc(Cl)cc1. The van der Waals surface area contributed by atoms with Gasteiger partial charge in [-0.2, -0.15) is 0 Å². The van der Waals surface area contributed by atoms with Gasteiger partial charge in [0, 0.05) is 15.5 Å². The number of thiazole rings is 1. The van der Waals surface area contributed by atoms with E-state index in [0.717, 1.165) is 0 Å². The average molecular weight is 362 g/mol. The number of halogens is 1. The summed E-state index contributed by atoms with van der Waals surface area (Å²) in [4.78, 5) is 29.1. The predicted molar refractivity (Wildman–Crippen MR) is 90.6 cm³/mol. The summed E-state index contributed by atoms with van der Waals surface area (Å²) in [6, 6.07) is 9.89. The van der Waals surface area contributed by atoms with Crippen molar-refractivity contribution < 1.29 is 18.7 Å². The summed E-state index contributed by atoms with van der Waals surface area (Å²) in [6.45, 7) is 1.41. The van der Waals surface area contributed by atoms with E-state index in [1.807, 2.05) is 0 Å². The molecule has 0 atom stereocenters. The van der Waals surface area contributed by atoms with Crippen molar-refractivity contribution in [2.24, 2.45) is 0 Å². The second kappa shape index (κ2) is 6.98. The van der Waals surface area contributed by atoms with Gasteiger partial charge in [-0.05, 0) is 43.3 Å². The molecule has 1 aromatic carbocycles. The minimum Gasteiger partial charge on any atom is -0.462 e. The minimum absolute atomic E-state index is 0.190. The number of rotatable bonds is 5. The monoisotopic (exact) mass is 361 g/mol. The van der Waals surface area contributed by atoms with Crippen molar-refractivity contribution in [3.8, 4) is 10.8 Å². The quantitative estimate of drug-likeness (QED) is 0.497. The fraction of sp³-hybridized carbons (Fsp3) is 0.118. The fourth-order valence-corrected chi connectivity index (χ4v) is 3.01. The summed E-state index contributed by atoms with van der Waals surface area (Å²) < 4.78 is 10.3. The van der Waals surface area contributed by atoms with Crippen LogP contribution < -0.4 is 0 Å². The molecule has 0 amide bonds. The van der Waals surface area contributed by atoms with Crippen molar-refractivity contribution >= 4 is 34.7 Å². The molecule has 2 heterocycles. The Balaban J connectivity index is 1.67. The number of carbonyl (C=O) groups excluding carboxylic acids is 2. The van der Waals surface area contributed by atoms with Crippen LogP contribution in [0.2, 0.25) is 5.02 Å². The number of Topliss-reactive ketones (excluding diaryl/α,β-unsaturated/α-hetero) is 1. The first-order valence-corrected chi connectivity index (χ1v) is 8.21. The maximum atomic E-state index is 12.2. The number of hydrogen-bond donors (Lipinski definition) is 0. The van der Waals surface area contributed by atoms with Crippen molar-refractivity contribution in [2.75, 3.05) is 6.61 Å². The molecule has 0 unspecified atom stereocenters. The third-order valence-corrected chi connectivity index (χ3v) is 4.46.